The third-order valence-corrected chi connectivity index (χ3v) is 5.76. The first-order chi connectivity index (χ1) is 14.1. The molecule has 3 heterocycles. The van der Waals surface area contributed by atoms with E-state index >= 15 is 0 Å². The molecule has 0 fully saturated rings. The van der Waals surface area contributed by atoms with E-state index in [4.69, 9.17) is 9.41 Å². The second-order valence-corrected chi connectivity index (χ2v) is 8.20. The molecular formula is C21H15BrN4O2S. The maximum atomic E-state index is 12.8. The van der Waals surface area contributed by atoms with Crippen LogP contribution in [0.25, 0.3) is 17.0 Å². The minimum absolute atomic E-state index is 0.199. The number of furan rings is 1. The number of fused-ring (bicyclic) bond motifs is 2. The summed E-state index contributed by atoms with van der Waals surface area (Å²) in [5.74, 6) is 1.15. The molecule has 0 saturated heterocycles. The Morgan fingerprint density at radius 1 is 1.14 bits per heavy atom. The third kappa shape index (κ3) is 3.18. The number of carbonyl (C=O) groups excluding carboxylic acids is 1. The van der Waals surface area contributed by atoms with Crippen molar-refractivity contribution >= 4 is 44.5 Å². The highest BCUT2D eigenvalue weighted by atomic mass is 79.9. The largest absolute Gasteiger partial charge is 0.457 e. The summed E-state index contributed by atoms with van der Waals surface area (Å²) in [5, 5.41) is 11.1. The highest BCUT2D eigenvalue weighted by molar-refractivity contribution is 9.10. The fourth-order valence-electron chi connectivity index (χ4n) is 3.39. The number of amidine groups is 1. The molecule has 0 unspecified atom stereocenters. The molecule has 144 valence electrons. The van der Waals surface area contributed by atoms with Gasteiger partial charge in [0.2, 0.25) is 6.17 Å². The van der Waals surface area contributed by atoms with Gasteiger partial charge in [-0.15, -0.1) is 5.10 Å². The van der Waals surface area contributed by atoms with Crippen LogP contribution in [0.1, 0.15) is 11.9 Å². The van der Waals surface area contributed by atoms with Crippen LogP contribution in [0.3, 0.4) is 0 Å². The molecule has 8 heteroatoms. The van der Waals surface area contributed by atoms with Crippen molar-refractivity contribution < 1.29 is 9.21 Å². The number of nitrogens with zero attached hydrogens (tertiary/aromatic N) is 3. The lowest BCUT2D eigenvalue weighted by molar-refractivity contribution is -0.116. The Labute approximate surface area is 179 Å². The fourth-order valence-corrected chi connectivity index (χ4v) is 4.16. The maximum absolute atomic E-state index is 12.8. The normalized spacial score (nSPS) is 17.8. The molecule has 2 aromatic carbocycles. The molecule has 5 rings (SSSR count). The van der Waals surface area contributed by atoms with Crippen molar-refractivity contribution in [2.75, 3.05) is 6.26 Å². The van der Waals surface area contributed by atoms with Gasteiger partial charge in [0.1, 0.15) is 11.5 Å². The first-order valence-corrected chi connectivity index (χ1v) is 10.9. The first kappa shape index (κ1) is 18.2. The van der Waals surface area contributed by atoms with Gasteiger partial charge >= 0.3 is 0 Å². The average Bonchev–Trinajstić information content (AvgIpc) is 3.23. The SMILES string of the molecule is CSC1=NN2C(=c3ccccc3=N[C@H]2c2ccc(-c3cccc(Br)c3)o2)C(=O)N1. The molecule has 0 radical (unpaired) electrons. The molecule has 0 spiro atoms. The van der Waals surface area contributed by atoms with Crippen LogP contribution in [0.2, 0.25) is 0 Å². The molecule has 6 nitrogen and oxygen atoms in total. The molecule has 0 saturated carbocycles. The monoisotopic (exact) mass is 466 g/mol. The van der Waals surface area contributed by atoms with Crippen molar-refractivity contribution in [1.29, 1.82) is 0 Å². The predicted molar refractivity (Wildman–Crippen MR) is 116 cm³/mol. The topological polar surface area (TPSA) is 70.2 Å². The van der Waals surface area contributed by atoms with Crippen LogP contribution in [0.4, 0.5) is 0 Å². The van der Waals surface area contributed by atoms with Crippen molar-refractivity contribution in [2.45, 2.75) is 6.17 Å². The summed E-state index contributed by atoms with van der Waals surface area (Å²) in [6.45, 7) is 0. The number of rotatable bonds is 2. The van der Waals surface area contributed by atoms with E-state index in [-0.39, 0.29) is 5.91 Å². The number of para-hydroxylation sites is 1. The van der Waals surface area contributed by atoms with Crippen molar-refractivity contribution in [3.8, 4) is 11.3 Å². The summed E-state index contributed by atoms with van der Waals surface area (Å²) in [4.78, 5) is 17.7. The molecule has 29 heavy (non-hydrogen) atoms. The highest BCUT2D eigenvalue weighted by Crippen LogP contribution is 2.34. The van der Waals surface area contributed by atoms with Gasteiger partial charge in [-0.2, -0.15) is 0 Å². The highest BCUT2D eigenvalue weighted by Gasteiger charge is 2.35. The van der Waals surface area contributed by atoms with Gasteiger partial charge in [-0.25, -0.2) is 10.0 Å². The van der Waals surface area contributed by atoms with Gasteiger partial charge in [0, 0.05) is 15.3 Å². The quantitative estimate of drug-likeness (QED) is 0.629. The predicted octanol–water partition coefficient (Wildman–Crippen LogP) is 3.22. The average molecular weight is 467 g/mol. The summed E-state index contributed by atoms with van der Waals surface area (Å²) in [7, 11) is 0. The van der Waals surface area contributed by atoms with Gasteiger partial charge in [0.05, 0.1) is 5.36 Å². The Hall–Kier alpha value is -2.84. The number of amides is 1. The number of hydrazone groups is 1. The zero-order chi connectivity index (χ0) is 20.0. The van der Waals surface area contributed by atoms with E-state index in [9.17, 15) is 4.79 Å². The zero-order valence-corrected chi connectivity index (χ0v) is 17.7. The van der Waals surface area contributed by atoms with Crippen molar-refractivity contribution in [1.82, 2.24) is 10.3 Å². The van der Waals surface area contributed by atoms with E-state index in [1.165, 1.54) is 11.8 Å². The van der Waals surface area contributed by atoms with Crippen molar-refractivity contribution in [3.05, 3.63) is 81.5 Å². The van der Waals surface area contributed by atoms with Gasteiger partial charge in [-0.3, -0.25) is 10.1 Å². The molecule has 3 aromatic rings. The molecule has 0 aliphatic carbocycles. The first-order valence-electron chi connectivity index (χ1n) is 8.90. The number of carbonyl (C=O) groups is 1. The van der Waals surface area contributed by atoms with Crippen LogP contribution < -0.4 is 15.9 Å². The van der Waals surface area contributed by atoms with E-state index in [2.05, 4.69) is 26.3 Å². The molecule has 1 amide bonds. The Balaban J connectivity index is 1.66. The molecule has 1 atom stereocenters. The Morgan fingerprint density at radius 3 is 2.83 bits per heavy atom. The molecule has 1 N–H and O–H groups in total. The van der Waals surface area contributed by atoms with Crippen LogP contribution in [-0.4, -0.2) is 22.3 Å². The van der Waals surface area contributed by atoms with E-state index < -0.39 is 6.17 Å². The van der Waals surface area contributed by atoms with Gasteiger partial charge in [0.15, 0.2) is 10.9 Å². The summed E-state index contributed by atoms with van der Waals surface area (Å²) in [5.41, 5.74) is 1.43. The van der Waals surface area contributed by atoms with Crippen LogP contribution in [0.15, 0.2) is 79.6 Å². The van der Waals surface area contributed by atoms with E-state index in [1.807, 2.05) is 66.9 Å². The van der Waals surface area contributed by atoms with E-state index in [0.717, 1.165) is 26.4 Å². The number of thioether (sulfide) groups is 1. The van der Waals surface area contributed by atoms with Crippen molar-refractivity contribution in [3.63, 3.8) is 0 Å². The van der Waals surface area contributed by atoms with Crippen molar-refractivity contribution in [2.24, 2.45) is 10.1 Å². The Morgan fingerprint density at radius 2 is 2.00 bits per heavy atom. The number of halogens is 1. The summed E-state index contributed by atoms with van der Waals surface area (Å²) < 4.78 is 7.13. The van der Waals surface area contributed by atoms with Gasteiger partial charge < -0.3 is 4.42 Å². The maximum Gasteiger partial charge on any atom is 0.276 e. The standard InChI is InChI=1S/C21H15BrN4O2S/c1-29-21-24-20(27)18-14-7-2-3-8-15(14)23-19(26(18)25-21)17-10-9-16(28-17)12-5-4-6-13(22)11-12/h2-11,19H,1H3,(H,24,25,27)/t19-/m1/s1. The number of hydrogen-bond acceptors (Lipinski definition) is 6. The molecule has 1 aromatic heterocycles. The molecule has 2 aliphatic rings. The van der Waals surface area contributed by atoms with E-state index in [1.54, 1.807) is 5.01 Å². The second kappa shape index (κ2) is 7.20. The Kier molecular flexibility index (Phi) is 4.52. The fraction of sp³-hybridized carbons (Fsp3) is 0.0952. The van der Waals surface area contributed by atoms with Crippen LogP contribution >= 0.6 is 27.7 Å². The Bertz CT molecular complexity index is 1280. The minimum atomic E-state index is -0.561. The number of hydrogen-bond donors (Lipinski definition) is 1. The lowest BCUT2D eigenvalue weighted by atomic mass is 10.1. The number of benzene rings is 2. The minimum Gasteiger partial charge on any atom is -0.457 e. The molecule has 0 bridgehead atoms. The summed E-state index contributed by atoms with van der Waals surface area (Å²) in [6.07, 6.45) is 1.31. The molecular weight excluding hydrogens is 452 g/mol. The zero-order valence-electron chi connectivity index (χ0n) is 15.3. The van der Waals surface area contributed by atoms with Crippen LogP contribution in [-0.2, 0) is 4.79 Å². The summed E-state index contributed by atoms with van der Waals surface area (Å²) in [6, 6.07) is 19.3. The lowest BCUT2D eigenvalue weighted by Crippen LogP contribution is -2.50. The third-order valence-electron chi connectivity index (χ3n) is 4.70. The van der Waals surface area contributed by atoms with Gasteiger partial charge in [-0.05, 0) is 36.6 Å². The lowest BCUT2D eigenvalue weighted by Gasteiger charge is -2.32. The van der Waals surface area contributed by atoms with E-state index in [0.29, 0.717) is 16.6 Å². The second-order valence-electron chi connectivity index (χ2n) is 6.49. The smallest absolute Gasteiger partial charge is 0.276 e. The van der Waals surface area contributed by atoms with Gasteiger partial charge in [-0.1, -0.05) is 58.0 Å². The molecule has 2 aliphatic heterocycles. The van der Waals surface area contributed by atoms with Crippen LogP contribution in [0, 0.1) is 0 Å². The number of nitrogens with one attached hydrogen (secondary N) is 1. The summed E-state index contributed by atoms with van der Waals surface area (Å²) >= 11 is 4.86. The van der Waals surface area contributed by atoms with Gasteiger partial charge in [0.25, 0.3) is 5.91 Å². The van der Waals surface area contributed by atoms with Crippen LogP contribution in [0.5, 0.6) is 0 Å².